The van der Waals surface area contributed by atoms with Gasteiger partial charge in [0.15, 0.2) is 0 Å². The van der Waals surface area contributed by atoms with Gasteiger partial charge in [-0.05, 0) is 43.5 Å². The van der Waals surface area contributed by atoms with Crippen molar-refractivity contribution in [2.45, 2.75) is 31.2 Å². The molecule has 0 spiro atoms. The van der Waals surface area contributed by atoms with Gasteiger partial charge in [-0.2, -0.15) is 0 Å². The van der Waals surface area contributed by atoms with Crippen molar-refractivity contribution in [3.8, 4) is 5.75 Å². The minimum absolute atomic E-state index is 0. The van der Waals surface area contributed by atoms with Gasteiger partial charge in [-0.3, -0.25) is 4.79 Å². The number of benzene rings is 1. The largest absolute Gasteiger partial charge is 0.573 e. The summed E-state index contributed by atoms with van der Waals surface area (Å²) in [5.74, 6) is -0.719. The fraction of sp³-hybridized carbons (Fsp3) is 0.462. The summed E-state index contributed by atoms with van der Waals surface area (Å²) in [7, 11) is 0. The highest BCUT2D eigenvalue weighted by Gasteiger charge is 2.33. The topological polar surface area (TPSA) is 64.3 Å². The minimum Gasteiger partial charge on any atom is -0.406 e. The van der Waals surface area contributed by atoms with E-state index in [4.69, 9.17) is 5.73 Å². The third-order valence-electron chi connectivity index (χ3n) is 3.30. The molecule has 1 aliphatic carbocycles. The molecule has 3 N–H and O–H groups in total. The van der Waals surface area contributed by atoms with E-state index < -0.39 is 6.36 Å². The van der Waals surface area contributed by atoms with Crippen LogP contribution in [-0.2, 0) is 0 Å². The van der Waals surface area contributed by atoms with E-state index in [-0.39, 0.29) is 35.2 Å². The van der Waals surface area contributed by atoms with Crippen molar-refractivity contribution in [1.82, 2.24) is 5.32 Å². The van der Waals surface area contributed by atoms with Crippen LogP contribution in [0.15, 0.2) is 24.3 Å². The number of alkyl halides is 3. The number of carbonyl (C=O) groups excluding carboxylic acids is 1. The van der Waals surface area contributed by atoms with Crippen LogP contribution in [0.5, 0.6) is 5.75 Å². The summed E-state index contributed by atoms with van der Waals surface area (Å²) in [6.07, 6.45) is -1.95. The van der Waals surface area contributed by atoms with Gasteiger partial charge < -0.3 is 15.8 Å². The molecule has 1 aliphatic rings. The van der Waals surface area contributed by atoms with Gasteiger partial charge in [0, 0.05) is 17.6 Å². The molecule has 0 bridgehead atoms. The van der Waals surface area contributed by atoms with Gasteiger partial charge in [0.25, 0.3) is 5.91 Å². The first kappa shape index (κ1) is 17.6. The number of hydrogen-bond acceptors (Lipinski definition) is 3. The molecule has 0 aliphatic heterocycles. The van der Waals surface area contributed by atoms with Crippen LogP contribution in [0.25, 0.3) is 0 Å². The normalized spacial score (nSPS) is 16.4. The van der Waals surface area contributed by atoms with Gasteiger partial charge >= 0.3 is 6.36 Å². The Hall–Kier alpha value is -1.47. The van der Waals surface area contributed by atoms with E-state index in [2.05, 4.69) is 10.1 Å². The second-order valence-electron chi connectivity index (χ2n) is 4.97. The van der Waals surface area contributed by atoms with Crippen LogP contribution in [0.2, 0.25) is 0 Å². The molecule has 1 amide bonds. The third kappa shape index (κ3) is 5.09. The molecule has 1 fully saturated rings. The Morgan fingerprint density at radius 2 is 1.86 bits per heavy atom. The van der Waals surface area contributed by atoms with Gasteiger partial charge in [-0.25, -0.2) is 0 Å². The lowest BCUT2D eigenvalue weighted by Gasteiger charge is -2.38. The molecule has 0 saturated heterocycles. The molecule has 0 radical (unpaired) electrons. The van der Waals surface area contributed by atoms with E-state index in [0.717, 1.165) is 31.4 Å². The smallest absolute Gasteiger partial charge is 0.406 e. The Morgan fingerprint density at radius 3 is 2.29 bits per heavy atom. The second kappa shape index (κ2) is 6.53. The number of nitrogens with one attached hydrogen (secondary N) is 1. The summed E-state index contributed by atoms with van der Waals surface area (Å²) < 4.78 is 39.7. The van der Waals surface area contributed by atoms with Crippen LogP contribution in [0.3, 0.4) is 0 Å². The maximum Gasteiger partial charge on any atom is 0.573 e. The van der Waals surface area contributed by atoms with E-state index in [0.29, 0.717) is 6.54 Å². The molecule has 0 heterocycles. The monoisotopic (exact) mass is 324 g/mol. The SMILES string of the molecule is Cl.NC1(CNC(=O)c2ccc(OC(F)(F)F)cc2)CCC1. The van der Waals surface area contributed by atoms with Crippen molar-refractivity contribution in [3.05, 3.63) is 29.8 Å². The fourth-order valence-electron chi connectivity index (χ4n) is 1.97. The average molecular weight is 325 g/mol. The molecule has 118 valence electrons. The quantitative estimate of drug-likeness (QED) is 0.895. The number of ether oxygens (including phenoxy) is 1. The zero-order chi connectivity index (χ0) is 14.8. The Morgan fingerprint density at radius 1 is 1.29 bits per heavy atom. The molecule has 1 saturated carbocycles. The molecule has 0 atom stereocenters. The summed E-state index contributed by atoms with van der Waals surface area (Å²) in [6, 6.07) is 4.76. The first-order valence-corrected chi connectivity index (χ1v) is 6.20. The van der Waals surface area contributed by atoms with Gasteiger partial charge in [0.2, 0.25) is 0 Å². The van der Waals surface area contributed by atoms with Crippen LogP contribution in [0.1, 0.15) is 29.6 Å². The van der Waals surface area contributed by atoms with Crippen molar-refractivity contribution < 1.29 is 22.7 Å². The fourth-order valence-corrected chi connectivity index (χ4v) is 1.97. The van der Waals surface area contributed by atoms with Crippen molar-refractivity contribution in [2.24, 2.45) is 5.73 Å². The number of rotatable bonds is 4. The molecule has 1 aromatic rings. The molecule has 0 aromatic heterocycles. The number of amides is 1. The highest BCUT2D eigenvalue weighted by Crippen LogP contribution is 2.28. The third-order valence-corrected chi connectivity index (χ3v) is 3.30. The van der Waals surface area contributed by atoms with E-state index in [1.165, 1.54) is 12.1 Å². The van der Waals surface area contributed by atoms with Crippen LogP contribution in [0.4, 0.5) is 13.2 Å². The first-order valence-electron chi connectivity index (χ1n) is 6.20. The molecule has 8 heteroatoms. The van der Waals surface area contributed by atoms with E-state index in [9.17, 15) is 18.0 Å². The van der Waals surface area contributed by atoms with Crippen molar-refractivity contribution >= 4 is 18.3 Å². The second-order valence-corrected chi connectivity index (χ2v) is 4.97. The molecule has 4 nitrogen and oxygen atoms in total. The number of carbonyl (C=O) groups is 1. The van der Waals surface area contributed by atoms with Gasteiger partial charge in [0.05, 0.1) is 0 Å². The van der Waals surface area contributed by atoms with Crippen molar-refractivity contribution in [3.63, 3.8) is 0 Å². The zero-order valence-corrected chi connectivity index (χ0v) is 11.9. The average Bonchev–Trinajstić information content (AvgIpc) is 2.32. The number of hydrogen-bond donors (Lipinski definition) is 2. The molecular formula is C13H16ClF3N2O2. The molecule has 0 unspecified atom stereocenters. The summed E-state index contributed by atoms with van der Waals surface area (Å²) in [6.45, 7) is 0.368. The standard InChI is InChI=1S/C13H15F3N2O2.ClH/c14-13(15,16)20-10-4-2-9(3-5-10)11(19)18-8-12(17)6-1-7-12;/h2-5H,1,6-8,17H2,(H,18,19);1H. The Kier molecular flexibility index (Phi) is 5.47. The minimum atomic E-state index is -4.74. The van der Waals surface area contributed by atoms with E-state index >= 15 is 0 Å². The van der Waals surface area contributed by atoms with E-state index in [1.807, 2.05) is 0 Å². The number of halogens is 4. The first-order chi connectivity index (χ1) is 9.27. The lowest BCUT2D eigenvalue weighted by Crippen LogP contribution is -2.54. The van der Waals surface area contributed by atoms with Gasteiger partial charge in [-0.15, -0.1) is 25.6 Å². The predicted octanol–water partition coefficient (Wildman–Crippen LogP) is 2.62. The van der Waals surface area contributed by atoms with Gasteiger partial charge in [0.1, 0.15) is 5.75 Å². The Bertz CT molecular complexity index is 487. The maximum absolute atomic E-state index is 12.0. The summed E-state index contributed by atoms with van der Waals surface area (Å²) in [5.41, 5.74) is 5.89. The maximum atomic E-state index is 12.0. The van der Waals surface area contributed by atoms with Crippen molar-refractivity contribution in [1.29, 1.82) is 0 Å². The van der Waals surface area contributed by atoms with Crippen LogP contribution in [-0.4, -0.2) is 24.4 Å². The lowest BCUT2D eigenvalue weighted by atomic mass is 9.78. The molecule has 1 aromatic carbocycles. The highest BCUT2D eigenvalue weighted by molar-refractivity contribution is 5.94. The molecule has 21 heavy (non-hydrogen) atoms. The zero-order valence-electron chi connectivity index (χ0n) is 11.1. The highest BCUT2D eigenvalue weighted by atomic mass is 35.5. The summed E-state index contributed by atoms with van der Waals surface area (Å²) in [4.78, 5) is 11.8. The lowest BCUT2D eigenvalue weighted by molar-refractivity contribution is -0.274. The summed E-state index contributed by atoms with van der Waals surface area (Å²) in [5, 5.41) is 2.68. The number of nitrogens with two attached hydrogens (primary N) is 1. The van der Waals surface area contributed by atoms with Crippen molar-refractivity contribution in [2.75, 3.05) is 6.54 Å². The molecule has 2 rings (SSSR count). The Labute approximate surface area is 126 Å². The van der Waals surface area contributed by atoms with Crippen LogP contribution < -0.4 is 15.8 Å². The van der Waals surface area contributed by atoms with Crippen LogP contribution in [0, 0.1) is 0 Å². The summed E-state index contributed by atoms with van der Waals surface area (Å²) >= 11 is 0. The Balaban J connectivity index is 0.00000220. The predicted molar refractivity (Wildman–Crippen MR) is 73.5 cm³/mol. The van der Waals surface area contributed by atoms with Crippen LogP contribution >= 0.6 is 12.4 Å². The molecular weight excluding hydrogens is 309 g/mol. The van der Waals surface area contributed by atoms with Gasteiger partial charge in [-0.1, -0.05) is 0 Å². The van der Waals surface area contributed by atoms with E-state index in [1.54, 1.807) is 0 Å².